The van der Waals surface area contributed by atoms with Crippen molar-refractivity contribution in [2.75, 3.05) is 0 Å². The first-order chi connectivity index (χ1) is 13.5. The minimum Gasteiger partial charge on any atom is -0.510 e. The zero-order valence-corrected chi connectivity index (χ0v) is 14.9. The fourth-order valence-corrected chi connectivity index (χ4v) is 4.67. The molecule has 5 atom stereocenters. The normalized spacial score (nSPS) is 33.9. The Labute approximate surface area is 163 Å². The molecule has 0 aliphatic heterocycles. The van der Waals surface area contributed by atoms with Crippen molar-refractivity contribution in [3.63, 3.8) is 0 Å². The molecule has 0 saturated carbocycles. The number of aromatic hydroxyl groups is 1. The summed E-state index contributed by atoms with van der Waals surface area (Å²) in [6.45, 7) is 0. The highest BCUT2D eigenvalue weighted by Gasteiger charge is 2.63. The van der Waals surface area contributed by atoms with Gasteiger partial charge in [-0.05, 0) is 18.1 Å². The minimum atomic E-state index is -2.79. The molecule has 1 aromatic rings. The number of Topliss-reactive ketones (excluding diaryl/α,β-unsaturated/α-hetero) is 2. The second-order valence-corrected chi connectivity index (χ2v) is 7.47. The van der Waals surface area contributed by atoms with E-state index in [4.69, 9.17) is 11.5 Å². The van der Waals surface area contributed by atoms with Gasteiger partial charge in [-0.2, -0.15) is 0 Å². The van der Waals surface area contributed by atoms with E-state index in [-0.39, 0.29) is 17.5 Å². The molecule has 0 spiro atoms. The topological polar surface area (TPSA) is 204 Å². The van der Waals surface area contributed by atoms with Crippen molar-refractivity contribution >= 4 is 17.5 Å². The average Bonchev–Trinajstić information content (AvgIpc) is 2.66. The molecule has 10 heteroatoms. The maximum Gasteiger partial charge on any atom is 0.255 e. The monoisotopic (exact) mass is 402 g/mol. The molecule has 0 aromatic heterocycles. The molecule has 29 heavy (non-hydrogen) atoms. The SMILES string of the molecule is NC(=O)C1=C(O)[C@@H](N)[C@@H]2C[C@H]3C(=C(O)[C@]2(O)C1=O)C(=O)c1c(O)cccc1[C@H]3O. The highest BCUT2D eigenvalue weighted by Crippen LogP contribution is 2.53. The number of hydrogen-bond donors (Lipinski definition) is 7. The Bertz CT molecular complexity index is 1060. The lowest BCUT2D eigenvalue weighted by Crippen LogP contribution is -2.63. The first kappa shape index (κ1) is 19.1. The van der Waals surface area contributed by atoms with Gasteiger partial charge in [-0.15, -0.1) is 0 Å². The summed E-state index contributed by atoms with van der Waals surface area (Å²) >= 11 is 0. The zero-order valence-electron chi connectivity index (χ0n) is 14.9. The number of fused-ring (bicyclic) bond motifs is 3. The van der Waals surface area contributed by atoms with Crippen LogP contribution >= 0.6 is 0 Å². The Balaban J connectivity index is 1.98. The van der Waals surface area contributed by atoms with E-state index in [2.05, 4.69) is 0 Å². The van der Waals surface area contributed by atoms with Crippen molar-refractivity contribution in [1.82, 2.24) is 0 Å². The van der Waals surface area contributed by atoms with E-state index >= 15 is 0 Å². The summed E-state index contributed by atoms with van der Waals surface area (Å²) in [5, 5.41) is 53.0. The summed E-state index contributed by atoms with van der Waals surface area (Å²) in [5.41, 5.74) is 6.68. The first-order valence-electron chi connectivity index (χ1n) is 8.77. The van der Waals surface area contributed by atoms with Gasteiger partial charge in [0.1, 0.15) is 22.8 Å². The molecule has 0 unspecified atom stereocenters. The third-order valence-corrected chi connectivity index (χ3v) is 6.10. The molecule has 3 aliphatic carbocycles. The van der Waals surface area contributed by atoms with Crippen LogP contribution in [0, 0.1) is 11.8 Å². The number of benzene rings is 1. The van der Waals surface area contributed by atoms with Crippen LogP contribution in [0.25, 0.3) is 0 Å². The molecule has 0 saturated heterocycles. The molecule has 3 aliphatic rings. The minimum absolute atomic E-state index is 0.121. The lowest BCUT2D eigenvalue weighted by molar-refractivity contribution is -0.146. The number of amides is 1. The summed E-state index contributed by atoms with van der Waals surface area (Å²) in [5.74, 6) is -8.38. The highest BCUT2D eigenvalue weighted by molar-refractivity contribution is 6.24. The number of ketones is 2. The molecule has 10 nitrogen and oxygen atoms in total. The molecular formula is C19H18N2O8. The first-order valence-corrected chi connectivity index (χ1v) is 8.77. The van der Waals surface area contributed by atoms with E-state index in [1.54, 1.807) is 0 Å². The fourth-order valence-electron chi connectivity index (χ4n) is 4.67. The van der Waals surface area contributed by atoms with Crippen molar-refractivity contribution in [3.8, 4) is 5.75 Å². The molecular weight excluding hydrogens is 384 g/mol. The van der Waals surface area contributed by atoms with E-state index in [0.717, 1.165) is 0 Å². The van der Waals surface area contributed by atoms with Crippen molar-refractivity contribution < 1.29 is 39.9 Å². The smallest absolute Gasteiger partial charge is 0.255 e. The summed E-state index contributed by atoms with van der Waals surface area (Å²) < 4.78 is 0. The Morgan fingerprint density at radius 3 is 2.45 bits per heavy atom. The van der Waals surface area contributed by atoms with Gasteiger partial charge in [0.05, 0.1) is 17.7 Å². The van der Waals surface area contributed by atoms with Gasteiger partial charge in [-0.1, -0.05) is 12.1 Å². The van der Waals surface area contributed by atoms with Crippen LogP contribution in [0.15, 0.2) is 40.9 Å². The van der Waals surface area contributed by atoms with Crippen LogP contribution in [0.3, 0.4) is 0 Å². The van der Waals surface area contributed by atoms with Crippen LogP contribution in [0.5, 0.6) is 5.75 Å². The largest absolute Gasteiger partial charge is 0.510 e. The molecule has 4 rings (SSSR count). The van der Waals surface area contributed by atoms with Crippen LogP contribution in [0.1, 0.15) is 28.4 Å². The van der Waals surface area contributed by atoms with E-state index < -0.39 is 75.5 Å². The number of primary amides is 1. The molecule has 0 heterocycles. The summed E-state index contributed by atoms with van der Waals surface area (Å²) in [6.07, 6.45) is -1.62. The van der Waals surface area contributed by atoms with E-state index in [9.17, 15) is 39.9 Å². The van der Waals surface area contributed by atoms with Gasteiger partial charge in [-0.3, -0.25) is 14.4 Å². The Hall–Kier alpha value is -3.21. The van der Waals surface area contributed by atoms with E-state index in [1.165, 1.54) is 18.2 Å². The maximum absolute atomic E-state index is 13.0. The zero-order chi connectivity index (χ0) is 21.4. The molecule has 1 aromatic carbocycles. The molecule has 0 bridgehead atoms. The molecule has 0 radical (unpaired) electrons. The Morgan fingerprint density at radius 2 is 1.83 bits per heavy atom. The molecule has 9 N–H and O–H groups in total. The van der Waals surface area contributed by atoms with Crippen molar-refractivity contribution in [2.24, 2.45) is 23.3 Å². The Morgan fingerprint density at radius 1 is 1.17 bits per heavy atom. The predicted octanol–water partition coefficient (Wildman–Crippen LogP) is -0.991. The van der Waals surface area contributed by atoms with Crippen LogP contribution in [0.4, 0.5) is 0 Å². The number of aliphatic hydroxyl groups excluding tert-OH is 3. The van der Waals surface area contributed by atoms with E-state index in [0.29, 0.717) is 0 Å². The van der Waals surface area contributed by atoms with Crippen LogP contribution in [0.2, 0.25) is 0 Å². The van der Waals surface area contributed by atoms with Gasteiger partial charge in [-0.25, -0.2) is 0 Å². The average molecular weight is 402 g/mol. The van der Waals surface area contributed by atoms with Crippen LogP contribution in [-0.4, -0.2) is 54.6 Å². The number of carbonyl (C=O) groups excluding carboxylic acids is 3. The van der Waals surface area contributed by atoms with Gasteiger partial charge in [0.2, 0.25) is 5.78 Å². The third kappa shape index (κ3) is 2.18. The molecule has 1 amide bonds. The highest BCUT2D eigenvalue weighted by atomic mass is 16.3. The number of hydrogen-bond acceptors (Lipinski definition) is 9. The quantitative estimate of drug-likeness (QED) is 0.287. The fraction of sp³-hybridized carbons (Fsp3) is 0.316. The second-order valence-electron chi connectivity index (χ2n) is 7.47. The number of aliphatic hydroxyl groups is 4. The summed E-state index contributed by atoms with van der Waals surface area (Å²) in [4.78, 5) is 37.5. The number of nitrogens with two attached hydrogens (primary N) is 2. The van der Waals surface area contributed by atoms with Crippen LogP contribution < -0.4 is 11.5 Å². The van der Waals surface area contributed by atoms with Crippen LogP contribution in [-0.2, 0) is 9.59 Å². The summed E-state index contributed by atoms with van der Waals surface area (Å²) in [6, 6.07) is 2.62. The number of rotatable bonds is 1. The maximum atomic E-state index is 13.0. The van der Waals surface area contributed by atoms with Crippen molar-refractivity contribution in [3.05, 3.63) is 52.0 Å². The van der Waals surface area contributed by atoms with Gasteiger partial charge >= 0.3 is 0 Å². The lowest BCUT2D eigenvalue weighted by atomic mass is 9.58. The number of carbonyl (C=O) groups is 3. The van der Waals surface area contributed by atoms with Crippen molar-refractivity contribution in [1.29, 1.82) is 0 Å². The van der Waals surface area contributed by atoms with Crippen molar-refractivity contribution in [2.45, 2.75) is 24.2 Å². The van der Waals surface area contributed by atoms with Gasteiger partial charge in [0.15, 0.2) is 11.4 Å². The second kappa shape index (κ2) is 5.89. The lowest BCUT2D eigenvalue weighted by Gasteiger charge is -2.48. The Kier molecular flexibility index (Phi) is 3.89. The van der Waals surface area contributed by atoms with Gasteiger partial charge in [0.25, 0.3) is 5.91 Å². The standard InChI is InChI=1S/C19H18N2O8/c20-12-7-4-6-10(14(24)9-5(13(6)23)2-1-3-8(9)22)16(26)19(7,29)17(27)11(15(12)25)18(21)28/h1-3,6-7,12-13,22-23,25-26,29H,4,20H2,(H2,21,28)/t6-,7-,12-,13+,19-/m0/s1. The van der Waals surface area contributed by atoms with E-state index in [1.807, 2.05) is 0 Å². The molecule has 0 fully saturated rings. The predicted molar refractivity (Wildman–Crippen MR) is 95.4 cm³/mol. The van der Waals surface area contributed by atoms with Gasteiger partial charge in [0, 0.05) is 17.4 Å². The number of phenolic OH excluding ortho intramolecular Hbond substituents is 1. The summed E-state index contributed by atoms with van der Waals surface area (Å²) in [7, 11) is 0. The third-order valence-electron chi connectivity index (χ3n) is 6.10. The molecule has 152 valence electrons. The number of phenols is 1. The van der Waals surface area contributed by atoms with Gasteiger partial charge < -0.3 is 37.0 Å².